The van der Waals surface area contributed by atoms with E-state index in [2.05, 4.69) is 5.32 Å². The molecule has 0 spiro atoms. The Morgan fingerprint density at radius 3 is 2.35 bits per heavy atom. The van der Waals surface area contributed by atoms with Gasteiger partial charge in [-0.25, -0.2) is 9.18 Å². The summed E-state index contributed by atoms with van der Waals surface area (Å²) in [7, 11) is 5.59. The van der Waals surface area contributed by atoms with Crippen LogP contribution in [0.3, 0.4) is 0 Å². The quantitative estimate of drug-likeness (QED) is 0.586. The molecule has 1 N–H and O–H groups in total. The van der Waals surface area contributed by atoms with Crippen molar-refractivity contribution in [2.24, 2.45) is 0 Å². The van der Waals surface area contributed by atoms with Crippen LogP contribution in [-0.4, -0.2) is 43.5 Å². The van der Waals surface area contributed by atoms with Crippen LogP contribution in [0.1, 0.15) is 43.6 Å². The van der Waals surface area contributed by atoms with E-state index in [1.54, 1.807) is 0 Å². The topological polar surface area (TPSA) is 41.6 Å². The summed E-state index contributed by atoms with van der Waals surface area (Å²) in [6, 6.07) is 8.41. The zero-order chi connectivity index (χ0) is 23.0. The molecule has 0 saturated carbocycles. The number of benzene rings is 2. The molecule has 3 rings (SSSR count). The number of halogens is 4. The predicted molar refractivity (Wildman–Crippen MR) is 110 cm³/mol. The van der Waals surface area contributed by atoms with Gasteiger partial charge in [0.1, 0.15) is 19.8 Å². The fourth-order valence-electron chi connectivity index (χ4n) is 3.34. The zero-order valence-electron chi connectivity index (χ0n) is 17.5. The van der Waals surface area contributed by atoms with Crippen molar-refractivity contribution < 1.29 is 27.1 Å². The van der Waals surface area contributed by atoms with Gasteiger partial charge < -0.3 is 15.0 Å². The van der Waals surface area contributed by atoms with E-state index in [9.17, 15) is 22.4 Å². The smallest absolute Gasteiger partial charge is 0.362 e. The van der Waals surface area contributed by atoms with Crippen LogP contribution in [0.5, 0.6) is 0 Å². The molecule has 0 aliphatic carbocycles. The number of hydrogen-bond acceptors (Lipinski definition) is 2. The monoisotopic (exact) mass is 434 g/mol. The van der Waals surface area contributed by atoms with E-state index in [0.29, 0.717) is 0 Å². The third-order valence-electron chi connectivity index (χ3n) is 4.80. The number of alkyl halides is 3. The molecule has 2 radical (unpaired) electrons. The number of ether oxygens (including phenoxy) is 1. The minimum absolute atomic E-state index is 0.0523. The van der Waals surface area contributed by atoms with Crippen LogP contribution < -0.4 is 10.8 Å². The predicted octanol–water partition coefficient (Wildman–Crippen LogP) is 3.94. The normalized spacial score (nSPS) is 16.0. The lowest BCUT2D eigenvalue weighted by molar-refractivity contribution is -0.140. The van der Waals surface area contributed by atoms with Gasteiger partial charge in [-0.15, -0.1) is 0 Å². The van der Waals surface area contributed by atoms with E-state index < -0.39 is 35.3 Å². The van der Waals surface area contributed by atoms with E-state index in [1.807, 2.05) is 20.8 Å². The number of amides is 2. The molecule has 1 atom stereocenters. The largest absolute Gasteiger partial charge is 0.416 e. The summed E-state index contributed by atoms with van der Waals surface area (Å²) in [5.74, 6) is -0.761. The van der Waals surface area contributed by atoms with Crippen molar-refractivity contribution in [2.75, 3.05) is 13.1 Å². The van der Waals surface area contributed by atoms with Gasteiger partial charge in [0.15, 0.2) is 0 Å². The van der Waals surface area contributed by atoms with Crippen LogP contribution in [0.15, 0.2) is 42.5 Å². The van der Waals surface area contributed by atoms with Crippen LogP contribution in [0.4, 0.5) is 22.4 Å². The van der Waals surface area contributed by atoms with Gasteiger partial charge in [0.2, 0.25) is 0 Å². The summed E-state index contributed by atoms with van der Waals surface area (Å²) in [5.41, 5.74) is -1.43. The average Bonchev–Trinajstić information content (AvgIpc) is 2.59. The summed E-state index contributed by atoms with van der Waals surface area (Å²) in [6.45, 7) is 5.89. The average molecular weight is 434 g/mol. The highest BCUT2D eigenvalue weighted by Gasteiger charge is 2.39. The molecule has 4 nitrogen and oxygen atoms in total. The maximum Gasteiger partial charge on any atom is 0.416 e. The molecule has 31 heavy (non-hydrogen) atoms. The lowest BCUT2D eigenvalue weighted by Crippen LogP contribution is -2.60. The number of hydrogen-bond donors (Lipinski definition) is 1. The molecular weight excluding hydrogens is 411 g/mol. The van der Waals surface area contributed by atoms with E-state index in [0.717, 1.165) is 12.1 Å². The van der Waals surface area contributed by atoms with Crippen LogP contribution in [0.25, 0.3) is 0 Å². The molecular formula is C22H23BF4N2O2. The minimum atomic E-state index is -4.64. The highest BCUT2D eigenvalue weighted by Crippen LogP contribution is 2.39. The Morgan fingerprint density at radius 1 is 1.13 bits per heavy atom. The minimum Gasteiger partial charge on any atom is -0.362 e. The summed E-state index contributed by atoms with van der Waals surface area (Å²) in [5, 5.41) is 2.81. The molecule has 1 aliphatic rings. The molecule has 1 unspecified atom stereocenters. The summed E-state index contributed by atoms with van der Waals surface area (Å²) in [6.07, 6.45) is -6.49. The fraction of sp³-hybridized carbons (Fsp3) is 0.409. The van der Waals surface area contributed by atoms with Crippen molar-refractivity contribution in [3.05, 3.63) is 65.0 Å². The first-order valence-electron chi connectivity index (χ1n) is 9.79. The lowest BCUT2D eigenvalue weighted by atomic mass is 9.90. The molecule has 1 saturated heterocycles. The van der Waals surface area contributed by atoms with Gasteiger partial charge in [-0.05, 0) is 38.5 Å². The van der Waals surface area contributed by atoms with Gasteiger partial charge in [0, 0.05) is 11.1 Å². The van der Waals surface area contributed by atoms with Crippen LogP contribution in [0, 0.1) is 5.82 Å². The second-order valence-electron chi connectivity index (χ2n) is 8.59. The van der Waals surface area contributed by atoms with Crippen molar-refractivity contribution in [2.45, 2.75) is 44.7 Å². The molecule has 0 aromatic heterocycles. The third kappa shape index (κ3) is 5.58. The third-order valence-corrected chi connectivity index (χ3v) is 4.80. The molecule has 0 bridgehead atoms. The first kappa shape index (κ1) is 23.1. The highest BCUT2D eigenvalue weighted by atomic mass is 19.4. The number of likely N-dealkylation sites (tertiary alicyclic amines) is 1. The van der Waals surface area contributed by atoms with Gasteiger partial charge in [-0.1, -0.05) is 35.8 Å². The molecule has 2 amide bonds. The zero-order valence-corrected chi connectivity index (χ0v) is 17.5. The van der Waals surface area contributed by atoms with Gasteiger partial charge in [-0.2, -0.15) is 13.2 Å². The SMILES string of the molecule is [B]c1ccc(C(OC2CN(C(=O)NC(C)(C)C)C2)c2ccccc2C(F)(F)F)c(F)c1. The Kier molecular flexibility index (Phi) is 6.36. The van der Waals surface area contributed by atoms with Crippen molar-refractivity contribution in [3.8, 4) is 0 Å². The summed E-state index contributed by atoms with van der Waals surface area (Å²) in [4.78, 5) is 13.7. The molecule has 164 valence electrons. The molecule has 1 aliphatic heterocycles. The lowest BCUT2D eigenvalue weighted by Gasteiger charge is -2.42. The Hall–Kier alpha value is -2.55. The number of nitrogens with one attached hydrogen (secondary N) is 1. The van der Waals surface area contributed by atoms with E-state index >= 15 is 0 Å². The number of urea groups is 1. The van der Waals surface area contributed by atoms with Crippen LogP contribution in [0.2, 0.25) is 0 Å². The number of carbonyl (C=O) groups excluding carboxylic acids is 1. The van der Waals surface area contributed by atoms with Crippen molar-refractivity contribution >= 4 is 19.3 Å². The van der Waals surface area contributed by atoms with Crippen LogP contribution >= 0.6 is 0 Å². The Balaban J connectivity index is 1.87. The molecule has 2 aromatic rings. The van der Waals surface area contributed by atoms with Gasteiger partial charge >= 0.3 is 12.2 Å². The second kappa shape index (κ2) is 8.53. The Morgan fingerprint density at radius 2 is 1.77 bits per heavy atom. The fourth-order valence-corrected chi connectivity index (χ4v) is 3.34. The van der Waals surface area contributed by atoms with Crippen molar-refractivity contribution in [1.82, 2.24) is 10.2 Å². The van der Waals surface area contributed by atoms with E-state index in [1.165, 1.54) is 35.2 Å². The molecule has 9 heteroatoms. The number of nitrogens with zero attached hydrogens (tertiary/aromatic N) is 1. The van der Waals surface area contributed by atoms with E-state index in [-0.39, 0.29) is 35.7 Å². The standard InChI is InChI=1S/C22H23BF4N2O2/c1-21(2,3)28-20(30)29-11-14(12-29)31-19(16-9-8-13(23)10-18(16)24)15-6-4-5-7-17(15)22(25,26)27/h4-10,14,19H,11-12H2,1-3H3,(H,28,30). The Labute approximate surface area is 180 Å². The highest BCUT2D eigenvalue weighted by molar-refractivity contribution is 6.32. The second-order valence-corrected chi connectivity index (χ2v) is 8.59. The molecule has 1 heterocycles. The van der Waals surface area contributed by atoms with Gasteiger partial charge in [0.05, 0.1) is 24.8 Å². The molecule has 2 aromatic carbocycles. The maximum absolute atomic E-state index is 14.7. The maximum atomic E-state index is 14.7. The van der Waals surface area contributed by atoms with Crippen molar-refractivity contribution in [3.63, 3.8) is 0 Å². The van der Waals surface area contributed by atoms with Crippen LogP contribution in [-0.2, 0) is 10.9 Å². The first-order valence-corrected chi connectivity index (χ1v) is 9.79. The van der Waals surface area contributed by atoms with E-state index in [4.69, 9.17) is 12.6 Å². The Bertz CT molecular complexity index is 953. The number of rotatable bonds is 4. The molecule has 1 fully saturated rings. The summed E-state index contributed by atoms with van der Waals surface area (Å²) >= 11 is 0. The first-order chi connectivity index (χ1) is 14.3. The number of carbonyl (C=O) groups is 1. The summed E-state index contributed by atoms with van der Waals surface area (Å²) < 4.78 is 61.4. The van der Waals surface area contributed by atoms with Gasteiger partial charge in [0.25, 0.3) is 0 Å². The van der Waals surface area contributed by atoms with Crippen molar-refractivity contribution in [1.29, 1.82) is 0 Å². The van der Waals surface area contributed by atoms with Gasteiger partial charge in [-0.3, -0.25) is 0 Å².